The molecular weight excluding hydrogens is 282 g/mol. The van der Waals surface area contributed by atoms with Crippen molar-refractivity contribution in [2.45, 2.75) is 55.7 Å². The highest BCUT2D eigenvalue weighted by molar-refractivity contribution is 7.99. The van der Waals surface area contributed by atoms with Gasteiger partial charge < -0.3 is 9.67 Å². The highest BCUT2D eigenvalue weighted by Gasteiger charge is 2.26. The molecule has 112 valence electrons. The van der Waals surface area contributed by atoms with Crippen LogP contribution in [0.4, 0.5) is 0 Å². The predicted octanol–water partition coefficient (Wildman–Crippen LogP) is 3.03. The molecule has 2 unspecified atom stereocenters. The van der Waals surface area contributed by atoms with Gasteiger partial charge in [-0.15, -0.1) is 10.2 Å². The van der Waals surface area contributed by atoms with E-state index in [0.29, 0.717) is 0 Å². The van der Waals surface area contributed by atoms with Crippen LogP contribution in [-0.2, 0) is 6.54 Å². The maximum absolute atomic E-state index is 10.1. The van der Waals surface area contributed by atoms with Gasteiger partial charge >= 0.3 is 0 Å². The van der Waals surface area contributed by atoms with Gasteiger partial charge in [0.15, 0.2) is 5.16 Å². The molecule has 5 heteroatoms. The molecule has 1 N–H and O–H groups in total. The number of aryl methyl sites for hydroxylation is 1. The van der Waals surface area contributed by atoms with Gasteiger partial charge in [-0.3, -0.25) is 0 Å². The summed E-state index contributed by atoms with van der Waals surface area (Å²) in [5, 5.41) is 19.8. The summed E-state index contributed by atoms with van der Waals surface area (Å²) in [6.45, 7) is 2.77. The van der Waals surface area contributed by atoms with Gasteiger partial charge in [0.1, 0.15) is 5.82 Å². The van der Waals surface area contributed by atoms with Crippen molar-refractivity contribution in [3.05, 3.63) is 41.7 Å². The first kappa shape index (κ1) is 14.6. The largest absolute Gasteiger partial charge is 0.392 e. The summed E-state index contributed by atoms with van der Waals surface area (Å²) < 4.78 is 2.14. The minimum atomic E-state index is -0.217. The Hall–Kier alpha value is -1.33. The number of aliphatic hydroxyl groups is 1. The summed E-state index contributed by atoms with van der Waals surface area (Å²) in [6.07, 6.45) is 4.08. The lowest BCUT2D eigenvalue weighted by atomic mass is 9.97. The molecule has 1 aromatic carbocycles. The molecule has 0 bridgehead atoms. The average Bonchev–Trinajstić information content (AvgIpc) is 2.84. The smallest absolute Gasteiger partial charge is 0.191 e. The molecule has 2 aromatic rings. The summed E-state index contributed by atoms with van der Waals surface area (Å²) in [5.74, 6) is 0.923. The summed E-state index contributed by atoms with van der Waals surface area (Å²) in [6, 6.07) is 10.3. The van der Waals surface area contributed by atoms with Gasteiger partial charge in [-0.25, -0.2) is 0 Å². The minimum Gasteiger partial charge on any atom is -0.392 e. The van der Waals surface area contributed by atoms with Gasteiger partial charge in [0.25, 0.3) is 0 Å². The number of nitrogens with zero attached hydrogens (tertiary/aromatic N) is 3. The van der Waals surface area contributed by atoms with E-state index in [9.17, 15) is 5.11 Å². The van der Waals surface area contributed by atoms with Crippen molar-refractivity contribution < 1.29 is 5.11 Å². The zero-order valence-electron chi connectivity index (χ0n) is 12.3. The molecule has 2 atom stereocenters. The number of benzene rings is 1. The number of thioether (sulfide) groups is 1. The molecule has 0 aliphatic heterocycles. The van der Waals surface area contributed by atoms with E-state index < -0.39 is 0 Å². The SMILES string of the molecule is Cc1nnc(SC2CCCCC2O)n1Cc1ccccc1. The van der Waals surface area contributed by atoms with E-state index in [1.807, 2.05) is 25.1 Å². The molecule has 21 heavy (non-hydrogen) atoms. The van der Waals surface area contributed by atoms with Crippen LogP contribution in [0.1, 0.15) is 37.1 Å². The van der Waals surface area contributed by atoms with Crippen LogP contribution >= 0.6 is 11.8 Å². The van der Waals surface area contributed by atoms with Gasteiger partial charge in [0.05, 0.1) is 12.6 Å². The Morgan fingerprint density at radius 1 is 1.19 bits per heavy atom. The van der Waals surface area contributed by atoms with Crippen LogP contribution in [0.25, 0.3) is 0 Å². The zero-order chi connectivity index (χ0) is 14.7. The van der Waals surface area contributed by atoms with Crippen molar-refractivity contribution >= 4 is 11.8 Å². The highest BCUT2D eigenvalue weighted by Crippen LogP contribution is 2.33. The van der Waals surface area contributed by atoms with Gasteiger partial charge in [-0.05, 0) is 25.3 Å². The number of aromatic nitrogens is 3. The van der Waals surface area contributed by atoms with E-state index in [2.05, 4.69) is 26.9 Å². The quantitative estimate of drug-likeness (QED) is 0.943. The van der Waals surface area contributed by atoms with Crippen molar-refractivity contribution in [3.8, 4) is 0 Å². The van der Waals surface area contributed by atoms with Crippen LogP contribution in [-0.4, -0.2) is 31.2 Å². The molecule has 1 heterocycles. The first-order chi connectivity index (χ1) is 10.2. The molecule has 4 nitrogen and oxygen atoms in total. The van der Waals surface area contributed by atoms with E-state index in [1.165, 1.54) is 12.0 Å². The molecule has 1 saturated carbocycles. The molecule has 1 aromatic heterocycles. The third-order valence-electron chi connectivity index (χ3n) is 4.01. The Morgan fingerprint density at radius 3 is 2.71 bits per heavy atom. The van der Waals surface area contributed by atoms with Crippen LogP contribution in [0.5, 0.6) is 0 Å². The lowest BCUT2D eigenvalue weighted by Crippen LogP contribution is -2.27. The van der Waals surface area contributed by atoms with Crippen molar-refractivity contribution in [1.29, 1.82) is 0 Å². The highest BCUT2D eigenvalue weighted by atomic mass is 32.2. The molecule has 1 fully saturated rings. The molecule has 1 aliphatic rings. The summed E-state index contributed by atoms with van der Waals surface area (Å²) in [4.78, 5) is 0. The topological polar surface area (TPSA) is 50.9 Å². The Kier molecular flexibility index (Phi) is 4.60. The Bertz CT molecular complexity index is 584. The second kappa shape index (κ2) is 6.62. The second-order valence-electron chi connectivity index (χ2n) is 5.61. The Balaban J connectivity index is 1.77. The van der Waals surface area contributed by atoms with Crippen molar-refractivity contribution in [2.75, 3.05) is 0 Å². The van der Waals surface area contributed by atoms with Crippen molar-refractivity contribution in [1.82, 2.24) is 14.8 Å². The molecule has 0 amide bonds. The fourth-order valence-corrected chi connectivity index (χ4v) is 4.01. The molecule has 0 saturated heterocycles. The maximum Gasteiger partial charge on any atom is 0.191 e. The van der Waals surface area contributed by atoms with Crippen molar-refractivity contribution in [2.24, 2.45) is 0 Å². The van der Waals surface area contributed by atoms with E-state index in [0.717, 1.165) is 36.8 Å². The molecular formula is C16H21N3OS. The van der Waals surface area contributed by atoms with Crippen LogP contribution < -0.4 is 0 Å². The minimum absolute atomic E-state index is 0.217. The van der Waals surface area contributed by atoms with Crippen molar-refractivity contribution in [3.63, 3.8) is 0 Å². The monoisotopic (exact) mass is 303 g/mol. The van der Waals surface area contributed by atoms with Crippen LogP contribution in [0.15, 0.2) is 35.5 Å². The van der Waals surface area contributed by atoms with E-state index in [-0.39, 0.29) is 11.4 Å². The lowest BCUT2D eigenvalue weighted by molar-refractivity contribution is 0.137. The van der Waals surface area contributed by atoms with Crippen LogP contribution in [0, 0.1) is 6.92 Å². The number of hydrogen-bond donors (Lipinski definition) is 1. The summed E-state index contributed by atoms with van der Waals surface area (Å²) in [5.41, 5.74) is 1.24. The molecule has 0 radical (unpaired) electrons. The Labute approximate surface area is 129 Å². The molecule has 1 aliphatic carbocycles. The Morgan fingerprint density at radius 2 is 1.95 bits per heavy atom. The fourth-order valence-electron chi connectivity index (χ4n) is 2.75. The lowest BCUT2D eigenvalue weighted by Gasteiger charge is -2.26. The van der Waals surface area contributed by atoms with Gasteiger partial charge in [-0.1, -0.05) is 54.9 Å². The normalized spacial score (nSPS) is 22.4. The van der Waals surface area contributed by atoms with E-state index in [1.54, 1.807) is 11.8 Å². The number of aliphatic hydroxyl groups excluding tert-OH is 1. The van der Waals surface area contributed by atoms with Crippen LogP contribution in [0.3, 0.4) is 0 Å². The molecule has 3 rings (SSSR count). The standard InChI is InChI=1S/C16H21N3OS/c1-12-17-18-16(21-15-10-6-5-9-14(15)20)19(12)11-13-7-3-2-4-8-13/h2-4,7-8,14-15,20H,5-6,9-11H2,1H3. The molecule has 0 spiro atoms. The number of rotatable bonds is 4. The number of hydrogen-bond acceptors (Lipinski definition) is 4. The first-order valence-corrected chi connectivity index (χ1v) is 8.40. The summed E-state index contributed by atoms with van der Waals surface area (Å²) in [7, 11) is 0. The predicted molar refractivity (Wildman–Crippen MR) is 84.4 cm³/mol. The third-order valence-corrected chi connectivity index (χ3v) is 5.38. The third kappa shape index (κ3) is 3.47. The fraction of sp³-hybridized carbons (Fsp3) is 0.500. The van der Waals surface area contributed by atoms with Gasteiger partial charge in [0.2, 0.25) is 0 Å². The van der Waals surface area contributed by atoms with E-state index >= 15 is 0 Å². The van der Waals surface area contributed by atoms with Crippen LogP contribution in [0.2, 0.25) is 0 Å². The first-order valence-electron chi connectivity index (χ1n) is 7.52. The van der Waals surface area contributed by atoms with Gasteiger partial charge in [-0.2, -0.15) is 0 Å². The maximum atomic E-state index is 10.1. The zero-order valence-corrected chi connectivity index (χ0v) is 13.1. The van der Waals surface area contributed by atoms with E-state index in [4.69, 9.17) is 0 Å². The second-order valence-corrected chi connectivity index (χ2v) is 6.82. The van der Waals surface area contributed by atoms with Gasteiger partial charge in [0, 0.05) is 5.25 Å². The summed E-state index contributed by atoms with van der Waals surface area (Å²) >= 11 is 1.68. The average molecular weight is 303 g/mol.